The molecular weight excluding hydrogens is 449 g/mol. The molecule has 1 aliphatic carbocycles. The van der Waals surface area contributed by atoms with Gasteiger partial charge in [-0.2, -0.15) is 0 Å². The first-order valence-corrected chi connectivity index (χ1v) is 12.6. The van der Waals surface area contributed by atoms with Gasteiger partial charge < -0.3 is 9.88 Å². The fraction of sp³-hybridized carbons (Fsp3) is 0.296. The van der Waals surface area contributed by atoms with Crippen LogP contribution in [0.4, 0.5) is 9.39 Å². The van der Waals surface area contributed by atoms with Crippen LogP contribution in [0.25, 0.3) is 22.4 Å². The Labute approximate surface area is 201 Å². The Bertz CT molecular complexity index is 1350. The zero-order chi connectivity index (χ0) is 23.7. The number of thiophene rings is 1. The minimum absolute atomic E-state index is 0.0414. The van der Waals surface area contributed by atoms with Gasteiger partial charge in [-0.05, 0) is 67.1 Å². The highest BCUT2D eigenvalue weighted by molar-refractivity contribution is 7.14. The highest BCUT2D eigenvalue weighted by Gasteiger charge is 2.31. The molecule has 5 nitrogen and oxygen atoms in total. The van der Waals surface area contributed by atoms with E-state index in [0.29, 0.717) is 35.3 Å². The van der Waals surface area contributed by atoms with Gasteiger partial charge in [-0.3, -0.25) is 9.59 Å². The summed E-state index contributed by atoms with van der Waals surface area (Å²) in [5, 5.41) is 5.84. The normalized spacial score (nSPS) is 18.2. The number of hydrogen-bond donors (Lipinski definition) is 1. The van der Waals surface area contributed by atoms with Crippen molar-refractivity contribution >= 4 is 39.1 Å². The van der Waals surface area contributed by atoms with Crippen LogP contribution in [0, 0.1) is 11.7 Å². The van der Waals surface area contributed by atoms with Crippen LogP contribution >= 0.6 is 11.3 Å². The Kier molecular flexibility index (Phi) is 6.28. The van der Waals surface area contributed by atoms with Gasteiger partial charge in [0, 0.05) is 29.5 Å². The number of carbonyl (C=O) groups is 2. The smallest absolute Gasteiger partial charge is 0.228 e. The van der Waals surface area contributed by atoms with E-state index in [-0.39, 0.29) is 29.5 Å². The number of rotatable bonds is 6. The molecule has 4 aromatic rings. The lowest BCUT2D eigenvalue weighted by Crippen LogP contribution is -2.29. The van der Waals surface area contributed by atoms with Gasteiger partial charge in [-0.1, -0.05) is 25.5 Å². The molecule has 0 bridgehead atoms. The van der Waals surface area contributed by atoms with Gasteiger partial charge in [-0.25, -0.2) is 9.37 Å². The summed E-state index contributed by atoms with van der Waals surface area (Å²) in [6.07, 6.45) is 3.77. The Hall–Kier alpha value is -3.32. The third-order valence-electron chi connectivity index (χ3n) is 6.57. The maximum absolute atomic E-state index is 14.1. The summed E-state index contributed by atoms with van der Waals surface area (Å²) in [6, 6.07) is 15.9. The molecule has 2 heterocycles. The van der Waals surface area contributed by atoms with Crippen LogP contribution in [-0.4, -0.2) is 21.2 Å². The average Bonchev–Trinajstić information content (AvgIpc) is 3.50. The van der Waals surface area contributed by atoms with E-state index in [2.05, 4.69) is 9.88 Å². The first kappa shape index (κ1) is 22.5. The van der Waals surface area contributed by atoms with Crippen molar-refractivity contribution in [1.29, 1.82) is 0 Å². The van der Waals surface area contributed by atoms with E-state index in [9.17, 15) is 14.0 Å². The summed E-state index contributed by atoms with van der Waals surface area (Å²) in [5.74, 6) is 0.334. The topological polar surface area (TPSA) is 64.0 Å². The van der Waals surface area contributed by atoms with Crippen LogP contribution in [0.5, 0.6) is 0 Å². The van der Waals surface area contributed by atoms with Crippen molar-refractivity contribution < 1.29 is 14.0 Å². The summed E-state index contributed by atoms with van der Waals surface area (Å²) in [7, 11) is 0. The molecule has 1 N–H and O–H groups in total. The Morgan fingerprint density at radius 2 is 2.03 bits per heavy atom. The molecule has 34 heavy (non-hydrogen) atoms. The predicted octanol–water partition coefficient (Wildman–Crippen LogP) is 6.87. The number of nitrogens with zero attached hydrogens (tertiary/aromatic N) is 2. The number of ketones is 1. The highest BCUT2D eigenvalue weighted by atomic mass is 32.1. The lowest BCUT2D eigenvalue weighted by atomic mass is 9.84. The zero-order valence-electron chi connectivity index (χ0n) is 19.0. The van der Waals surface area contributed by atoms with Gasteiger partial charge in [0.05, 0.1) is 16.0 Å². The molecule has 0 radical (unpaired) electrons. The monoisotopic (exact) mass is 475 g/mol. The largest absolute Gasteiger partial charge is 0.321 e. The zero-order valence-corrected chi connectivity index (χ0v) is 19.8. The highest BCUT2D eigenvalue weighted by Crippen LogP contribution is 2.39. The predicted molar refractivity (Wildman–Crippen MR) is 134 cm³/mol. The van der Waals surface area contributed by atoms with Crippen LogP contribution < -0.4 is 5.32 Å². The number of Topliss-reactive ketones (excluding diaryl/α,β-unsaturated/α-hetero) is 1. The van der Waals surface area contributed by atoms with Gasteiger partial charge in [0.25, 0.3) is 0 Å². The maximum Gasteiger partial charge on any atom is 0.228 e. The summed E-state index contributed by atoms with van der Waals surface area (Å²) >= 11 is 1.51. The van der Waals surface area contributed by atoms with Gasteiger partial charge in [0.15, 0.2) is 5.78 Å². The van der Waals surface area contributed by atoms with Gasteiger partial charge >= 0.3 is 0 Å². The number of nitrogens with one attached hydrogen (secondary N) is 1. The number of carbonyl (C=O) groups excluding carboxylic acids is 2. The van der Waals surface area contributed by atoms with Gasteiger partial charge in [0.2, 0.25) is 5.91 Å². The van der Waals surface area contributed by atoms with Crippen LogP contribution in [0.2, 0.25) is 0 Å². The molecule has 174 valence electrons. The van der Waals surface area contributed by atoms with Gasteiger partial charge in [0.1, 0.15) is 11.6 Å². The van der Waals surface area contributed by atoms with Crippen LogP contribution in [-0.2, 0) is 4.79 Å². The van der Waals surface area contributed by atoms with Crippen molar-refractivity contribution in [2.24, 2.45) is 5.92 Å². The number of hydrogen-bond acceptors (Lipinski definition) is 4. The molecule has 2 unspecified atom stereocenters. The van der Waals surface area contributed by atoms with E-state index in [4.69, 9.17) is 4.98 Å². The minimum atomic E-state index is -0.324. The first-order valence-electron chi connectivity index (χ1n) is 11.7. The molecule has 2 aromatic carbocycles. The summed E-state index contributed by atoms with van der Waals surface area (Å²) in [5.41, 5.74) is 2.92. The molecule has 5 rings (SSSR count). The molecule has 0 spiro atoms. The second-order valence-corrected chi connectivity index (χ2v) is 9.73. The van der Waals surface area contributed by atoms with Gasteiger partial charge in [-0.15, -0.1) is 11.3 Å². The molecule has 1 aliphatic rings. The number of aromatic nitrogens is 2. The fourth-order valence-electron chi connectivity index (χ4n) is 4.89. The molecule has 1 fully saturated rings. The minimum Gasteiger partial charge on any atom is -0.321 e. The molecule has 1 amide bonds. The third-order valence-corrected chi connectivity index (χ3v) is 7.35. The quantitative estimate of drug-likeness (QED) is 0.310. The number of fused-ring (bicyclic) bond motifs is 1. The summed E-state index contributed by atoms with van der Waals surface area (Å²) in [6.45, 7) is 1.84. The van der Waals surface area contributed by atoms with Crippen molar-refractivity contribution in [3.05, 3.63) is 71.4 Å². The van der Waals surface area contributed by atoms with E-state index in [0.717, 1.165) is 29.8 Å². The second kappa shape index (κ2) is 9.50. The SMILES string of the molecule is CCC(=O)c1ccc2c(c1)nc(-c1cccc(F)c1)n2C1CCCC(C(=O)Nc2cccs2)C1. The van der Waals surface area contributed by atoms with Crippen LogP contribution in [0.1, 0.15) is 55.4 Å². The maximum atomic E-state index is 14.1. The van der Waals surface area contributed by atoms with Crippen molar-refractivity contribution in [2.75, 3.05) is 5.32 Å². The van der Waals surface area contributed by atoms with E-state index >= 15 is 0 Å². The van der Waals surface area contributed by atoms with Crippen molar-refractivity contribution in [3.8, 4) is 11.4 Å². The Morgan fingerprint density at radius 3 is 2.79 bits per heavy atom. The molecule has 1 saturated carbocycles. The Balaban J connectivity index is 1.54. The molecule has 2 aromatic heterocycles. The number of amides is 1. The molecule has 0 aliphatic heterocycles. The van der Waals surface area contributed by atoms with E-state index in [1.807, 2.05) is 48.7 Å². The number of anilines is 1. The molecule has 2 atom stereocenters. The van der Waals surface area contributed by atoms with Crippen LogP contribution in [0.3, 0.4) is 0 Å². The number of benzene rings is 2. The Morgan fingerprint density at radius 1 is 1.15 bits per heavy atom. The summed E-state index contributed by atoms with van der Waals surface area (Å²) < 4.78 is 16.3. The number of halogens is 1. The van der Waals surface area contributed by atoms with E-state index in [1.54, 1.807) is 6.07 Å². The average molecular weight is 476 g/mol. The van der Waals surface area contributed by atoms with Crippen molar-refractivity contribution in [1.82, 2.24) is 9.55 Å². The third kappa shape index (κ3) is 4.40. The second-order valence-electron chi connectivity index (χ2n) is 8.78. The van der Waals surface area contributed by atoms with E-state index < -0.39 is 0 Å². The lowest BCUT2D eigenvalue weighted by Gasteiger charge is -2.30. The first-order chi connectivity index (χ1) is 16.5. The van der Waals surface area contributed by atoms with Crippen molar-refractivity contribution in [3.63, 3.8) is 0 Å². The van der Waals surface area contributed by atoms with Crippen molar-refractivity contribution in [2.45, 2.75) is 45.1 Å². The number of imidazole rings is 1. The molecular formula is C27H26FN3O2S. The lowest BCUT2D eigenvalue weighted by molar-refractivity contribution is -0.121. The van der Waals surface area contributed by atoms with E-state index in [1.165, 1.54) is 23.5 Å². The van der Waals surface area contributed by atoms with Crippen LogP contribution in [0.15, 0.2) is 60.0 Å². The molecule has 7 heteroatoms. The molecule has 0 saturated heterocycles. The fourth-order valence-corrected chi connectivity index (χ4v) is 5.51. The standard InChI is InChI=1S/C27H26FN3O2S/c1-2-24(32)17-11-12-23-22(16-17)29-26(18-6-3-8-20(28)14-18)31(23)21-9-4-7-19(15-21)27(33)30-25-10-5-13-34-25/h3,5-6,8,10-14,16,19,21H,2,4,7,9,15H2,1H3,(H,30,33). The summed E-state index contributed by atoms with van der Waals surface area (Å²) in [4.78, 5) is 30.1.